The van der Waals surface area contributed by atoms with E-state index >= 15 is 0 Å². The molecule has 0 aromatic rings. The second-order valence-corrected chi connectivity index (χ2v) is 8.36. The highest BCUT2D eigenvalue weighted by Crippen LogP contribution is 2.29. The lowest BCUT2D eigenvalue weighted by atomic mass is 9.93. The predicted octanol–water partition coefficient (Wildman–Crippen LogP) is 3.88. The van der Waals surface area contributed by atoms with E-state index < -0.39 is 5.60 Å². The Bertz CT molecular complexity index is 360. The van der Waals surface area contributed by atoms with Crippen molar-refractivity contribution in [2.24, 2.45) is 5.92 Å². The van der Waals surface area contributed by atoms with Crippen LogP contribution in [-0.2, 0) is 14.2 Å². The Hall–Kier alpha value is -0.0800. The van der Waals surface area contributed by atoms with Gasteiger partial charge in [0.2, 0.25) is 0 Å². The van der Waals surface area contributed by atoms with Gasteiger partial charge >= 0.3 is 6.09 Å². The lowest BCUT2D eigenvalue weighted by molar-refractivity contribution is -0.0845. The first kappa shape index (κ1) is 21.0. The maximum atomic E-state index is 12.1. The average molecular weight is 441 g/mol. The molecule has 1 saturated heterocycles. The number of hydrogen-bond donors (Lipinski definition) is 0. The minimum absolute atomic E-state index is 0.139. The zero-order valence-corrected chi connectivity index (χ0v) is 17.3. The molecule has 1 amide bonds. The quantitative estimate of drug-likeness (QED) is 0.342. The van der Waals surface area contributed by atoms with Crippen molar-refractivity contribution < 1.29 is 19.0 Å². The van der Waals surface area contributed by atoms with Gasteiger partial charge < -0.3 is 19.1 Å². The summed E-state index contributed by atoms with van der Waals surface area (Å²) in [6.45, 7) is 13.3. The Balaban J connectivity index is 2.36. The monoisotopic (exact) mass is 441 g/mol. The molecule has 6 heteroatoms. The van der Waals surface area contributed by atoms with Crippen LogP contribution >= 0.6 is 22.6 Å². The van der Waals surface area contributed by atoms with E-state index in [-0.39, 0.29) is 11.7 Å². The minimum atomic E-state index is -0.445. The fourth-order valence-corrected chi connectivity index (χ4v) is 3.36. The number of alkyl halides is 1. The highest BCUT2D eigenvalue weighted by atomic mass is 127. The van der Waals surface area contributed by atoms with Crippen molar-refractivity contribution >= 4 is 28.7 Å². The zero-order chi connectivity index (χ0) is 17.5. The summed E-state index contributed by atoms with van der Waals surface area (Å²) in [5.41, 5.74) is -0.584. The second-order valence-electron chi connectivity index (χ2n) is 7.60. The van der Waals surface area contributed by atoms with Crippen molar-refractivity contribution in [3.8, 4) is 0 Å². The summed E-state index contributed by atoms with van der Waals surface area (Å²) in [6.07, 6.45) is 1.47. The molecule has 1 rings (SSSR count). The normalized spacial score (nSPS) is 18.3. The molecule has 0 N–H and O–H groups in total. The molecule has 0 bridgehead atoms. The van der Waals surface area contributed by atoms with Crippen molar-refractivity contribution in [1.82, 2.24) is 4.90 Å². The summed E-state index contributed by atoms with van der Waals surface area (Å²) in [5, 5.41) is 0. The molecular weight excluding hydrogens is 409 g/mol. The summed E-state index contributed by atoms with van der Waals surface area (Å²) >= 11 is 2.38. The number of amides is 1. The molecule has 0 atom stereocenters. The zero-order valence-electron chi connectivity index (χ0n) is 15.2. The van der Waals surface area contributed by atoms with E-state index in [9.17, 15) is 4.79 Å². The van der Waals surface area contributed by atoms with Gasteiger partial charge in [0, 0.05) is 24.1 Å². The molecule has 5 nitrogen and oxygen atoms in total. The standard InChI is InChI=1S/C17H32INO4/c1-14(2)12-21-10-11-22-17(13-18)6-8-19(9-7-17)15(20)23-16(3,4)5/h14H,6-13H2,1-5H3. The third-order valence-electron chi connectivity index (χ3n) is 3.66. The molecule has 0 aromatic carbocycles. The van der Waals surface area contributed by atoms with Gasteiger partial charge in [-0.2, -0.15) is 0 Å². The highest BCUT2D eigenvalue weighted by molar-refractivity contribution is 14.1. The first-order chi connectivity index (χ1) is 10.7. The van der Waals surface area contributed by atoms with Crippen molar-refractivity contribution in [3.05, 3.63) is 0 Å². The maximum Gasteiger partial charge on any atom is 0.410 e. The largest absolute Gasteiger partial charge is 0.444 e. The number of ether oxygens (including phenoxy) is 3. The number of nitrogens with zero attached hydrogens (tertiary/aromatic N) is 1. The second kappa shape index (κ2) is 9.42. The Morgan fingerprint density at radius 2 is 1.83 bits per heavy atom. The van der Waals surface area contributed by atoms with Gasteiger partial charge in [-0.05, 0) is 39.5 Å². The van der Waals surface area contributed by atoms with Gasteiger partial charge in [-0.1, -0.05) is 36.4 Å². The van der Waals surface area contributed by atoms with Crippen LogP contribution in [-0.4, -0.2) is 59.5 Å². The van der Waals surface area contributed by atoms with Crippen LogP contribution in [0.25, 0.3) is 0 Å². The Labute approximate surface area is 154 Å². The first-order valence-corrected chi connectivity index (χ1v) is 9.96. The fourth-order valence-electron chi connectivity index (χ4n) is 2.38. The first-order valence-electron chi connectivity index (χ1n) is 8.43. The molecule has 1 aliphatic rings. The third-order valence-corrected chi connectivity index (χ3v) is 5.05. The smallest absolute Gasteiger partial charge is 0.410 e. The van der Waals surface area contributed by atoms with Gasteiger partial charge in [0.25, 0.3) is 0 Å². The molecule has 1 fully saturated rings. The van der Waals surface area contributed by atoms with Gasteiger partial charge in [0.1, 0.15) is 5.60 Å². The topological polar surface area (TPSA) is 48.0 Å². The minimum Gasteiger partial charge on any atom is -0.444 e. The van der Waals surface area contributed by atoms with Gasteiger partial charge in [0.05, 0.1) is 18.8 Å². The van der Waals surface area contributed by atoms with Crippen LogP contribution in [0.3, 0.4) is 0 Å². The van der Waals surface area contributed by atoms with E-state index in [4.69, 9.17) is 14.2 Å². The Morgan fingerprint density at radius 1 is 1.22 bits per heavy atom. The van der Waals surface area contributed by atoms with Crippen LogP contribution in [0.4, 0.5) is 4.79 Å². The number of carbonyl (C=O) groups excluding carboxylic acids is 1. The van der Waals surface area contributed by atoms with Crippen LogP contribution < -0.4 is 0 Å². The molecule has 0 radical (unpaired) electrons. The summed E-state index contributed by atoms with van der Waals surface area (Å²) < 4.78 is 18.1. The van der Waals surface area contributed by atoms with Crippen molar-refractivity contribution in [3.63, 3.8) is 0 Å². The number of halogens is 1. The number of likely N-dealkylation sites (tertiary alicyclic amines) is 1. The van der Waals surface area contributed by atoms with Crippen LogP contribution in [0.15, 0.2) is 0 Å². The van der Waals surface area contributed by atoms with E-state index in [0.29, 0.717) is 32.2 Å². The van der Waals surface area contributed by atoms with Crippen molar-refractivity contribution in [2.45, 2.75) is 58.7 Å². The van der Waals surface area contributed by atoms with Crippen LogP contribution in [0.2, 0.25) is 0 Å². The predicted molar refractivity (Wildman–Crippen MR) is 100 cm³/mol. The summed E-state index contributed by atoms with van der Waals surface area (Å²) in [4.78, 5) is 13.9. The van der Waals surface area contributed by atoms with Gasteiger partial charge in [-0.15, -0.1) is 0 Å². The van der Waals surface area contributed by atoms with E-state index in [1.807, 2.05) is 20.8 Å². The molecule has 136 valence electrons. The number of carbonyl (C=O) groups is 1. The van der Waals surface area contributed by atoms with E-state index in [2.05, 4.69) is 36.4 Å². The Morgan fingerprint density at radius 3 is 2.30 bits per heavy atom. The number of hydrogen-bond acceptors (Lipinski definition) is 4. The van der Waals surface area contributed by atoms with Crippen LogP contribution in [0.5, 0.6) is 0 Å². The third kappa shape index (κ3) is 8.03. The van der Waals surface area contributed by atoms with Gasteiger partial charge in [-0.3, -0.25) is 0 Å². The van der Waals surface area contributed by atoms with Gasteiger partial charge in [-0.25, -0.2) is 4.79 Å². The lowest BCUT2D eigenvalue weighted by Crippen LogP contribution is -2.50. The van der Waals surface area contributed by atoms with Gasteiger partial charge in [0.15, 0.2) is 0 Å². The molecule has 1 aliphatic heterocycles. The molecule has 23 heavy (non-hydrogen) atoms. The summed E-state index contributed by atoms with van der Waals surface area (Å²) in [5.74, 6) is 0.547. The molecule has 0 unspecified atom stereocenters. The van der Waals surface area contributed by atoms with Crippen molar-refractivity contribution in [2.75, 3.05) is 37.3 Å². The Kier molecular flexibility index (Phi) is 8.58. The molecule has 0 aliphatic carbocycles. The molecule has 1 heterocycles. The molecule has 0 aromatic heterocycles. The SMILES string of the molecule is CC(C)COCCOC1(CI)CCN(C(=O)OC(C)(C)C)CC1. The number of rotatable bonds is 7. The van der Waals surface area contributed by atoms with Crippen LogP contribution in [0, 0.1) is 5.92 Å². The summed E-state index contributed by atoms with van der Waals surface area (Å²) in [6, 6.07) is 0. The molecule has 0 spiro atoms. The number of piperidine rings is 1. The average Bonchev–Trinajstić information content (AvgIpc) is 2.45. The molecular formula is C17H32INO4. The lowest BCUT2D eigenvalue weighted by Gasteiger charge is -2.40. The van der Waals surface area contributed by atoms with Crippen LogP contribution in [0.1, 0.15) is 47.5 Å². The van der Waals surface area contributed by atoms with E-state index in [1.165, 1.54) is 0 Å². The molecule has 0 saturated carbocycles. The van der Waals surface area contributed by atoms with Crippen molar-refractivity contribution in [1.29, 1.82) is 0 Å². The summed E-state index contributed by atoms with van der Waals surface area (Å²) in [7, 11) is 0. The maximum absolute atomic E-state index is 12.1. The highest BCUT2D eigenvalue weighted by Gasteiger charge is 2.37. The van der Waals surface area contributed by atoms with E-state index in [1.54, 1.807) is 4.90 Å². The fraction of sp³-hybridized carbons (Fsp3) is 0.941. The van der Waals surface area contributed by atoms with E-state index in [0.717, 1.165) is 23.9 Å².